The van der Waals surface area contributed by atoms with Gasteiger partial charge in [0.1, 0.15) is 11.5 Å². The van der Waals surface area contributed by atoms with E-state index in [4.69, 9.17) is 11.6 Å². The number of anilines is 2. The van der Waals surface area contributed by atoms with Crippen LogP contribution in [0, 0.1) is 0 Å². The van der Waals surface area contributed by atoms with Gasteiger partial charge in [0.15, 0.2) is 0 Å². The summed E-state index contributed by atoms with van der Waals surface area (Å²) in [6, 6.07) is 8.35. The van der Waals surface area contributed by atoms with Crippen molar-refractivity contribution in [3.05, 3.63) is 77.8 Å². The molecule has 2 heterocycles. The molecule has 0 aliphatic rings. The van der Waals surface area contributed by atoms with Gasteiger partial charge in [0.2, 0.25) is 5.95 Å². The maximum atomic E-state index is 12.2. The van der Waals surface area contributed by atoms with Crippen LogP contribution in [0.15, 0.2) is 44.7 Å². The van der Waals surface area contributed by atoms with Gasteiger partial charge in [-0.15, -0.1) is 10.2 Å². The van der Waals surface area contributed by atoms with Crippen molar-refractivity contribution in [2.45, 2.75) is 6.42 Å². The van der Waals surface area contributed by atoms with E-state index in [1.807, 2.05) is 6.07 Å². The number of aromatic nitrogens is 5. The zero-order chi connectivity index (χ0) is 18.8. The van der Waals surface area contributed by atoms with Crippen molar-refractivity contribution in [3.63, 3.8) is 0 Å². The van der Waals surface area contributed by atoms with Gasteiger partial charge in [0, 0.05) is 31.6 Å². The van der Waals surface area contributed by atoms with Gasteiger partial charge in [-0.1, -0.05) is 29.8 Å². The third-order valence-electron chi connectivity index (χ3n) is 3.85. The molecule has 0 amide bonds. The number of nitrogens with zero attached hydrogens (tertiary/aromatic N) is 4. The van der Waals surface area contributed by atoms with Crippen molar-refractivity contribution in [3.8, 4) is 0 Å². The lowest BCUT2D eigenvalue weighted by Gasteiger charge is -2.10. The van der Waals surface area contributed by atoms with Crippen molar-refractivity contribution < 1.29 is 0 Å². The molecule has 0 unspecified atom stereocenters. The van der Waals surface area contributed by atoms with E-state index in [0.29, 0.717) is 5.02 Å². The Morgan fingerprint density at radius 2 is 1.85 bits per heavy atom. The van der Waals surface area contributed by atoms with Crippen molar-refractivity contribution in [1.82, 2.24) is 24.3 Å². The highest BCUT2D eigenvalue weighted by Crippen LogP contribution is 2.16. The summed E-state index contributed by atoms with van der Waals surface area (Å²) in [5.41, 5.74) is -0.492. The molecule has 0 saturated heterocycles. The molecule has 0 bridgehead atoms. The summed E-state index contributed by atoms with van der Waals surface area (Å²) in [6.45, 7) is 0. The molecule has 9 nitrogen and oxygen atoms in total. The summed E-state index contributed by atoms with van der Waals surface area (Å²) < 4.78 is 2.19. The minimum atomic E-state index is -0.509. The molecule has 0 radical (unpaired) electrons. The number of halogens is 1. The van der Waals surface area contributed by atoms with Crippen LogP contribution in [0.25, 0.3) is 0 Å². The Morgan fingerprint density at radius 3 is 2.54 bits per heavy atom. The minimum absolute atomic E-state index is 0.0150. The summed E-state index contributed by atoms with van der Waals surface area (Å²) in [6.07, 6.45) is 0.229. The summed E-state index contributed by atoms with van der Waals surface area (Å²) >= 11 is 6.09. The predicted octanol–water partition coefficient (Wildman–Crippen LogP) is 0.550. The molecule has 0 atom stereocenters. The highest BCUT2D eigenvalue weighted by Gasteiger charge is 2.11. The largest absolute Gasteiger partial charge is 0.332 e. The first kappa shape index (κ1) is 17.6. The number of benzene rings is 1. The molecule has 0 fully saturated rings. The van der Waals surface area contributed by atoms with Gasteiger partial charge in [-0.2, -0.15) is 0 Å². The molecule has 1 aromatic carbocycles. The number of rotatable bonds is 4. The first-order valence-corrected chi connectivity index (χ1v) is 7.98. The fraction of sp³-hybridized carbons (Fsp3) is 0.188. The summed E-state index contributed by atoms with van der Waals surface area (Å²) in [5.74, 6) is 0.197. The topological polar surface area (TPSA) is 115 Å². The Kier molecular flexibility index (Phi) is 4.72. The number of H-pyrrole nitrogens is 1. The molecular formula is C16H15ClN6O3. The van der Waals surface area contributed by atoms with Gasteiger partial charge < -0.3 is 5.32 Å². The van der Waals surface area contributed by atoms with E-state index in [9.17, 15) is 14.4 Å². The first-order valence-electron chi connectivity index (χ1n) is 7.60. The Hall–Kier alpha value is -3.20. The Bertz CT molecular complexity index is 1150. The number of hydrogen-bond acceptors (Lipinski definition) is 6. The SMILES string of the molecule is Cn1c(Nc2nnc(Cc3ccccc3Cl)c(=O)[nH]2)cc(=O)n(C)c1=O. The van der Waals surface area contributed by atoms with Crippen molar-refractivity contribution in [1.29, 1.82) is 0 Å². The fourth-order valence-corrected chi connectivity index (χ4v) is 2.53. The second-order valence-electron chi connectivity index (χ2n) is 5.61. The molecule has 0 spiro atoms. The smallest absolute Gasteiger partial charge is 0.310 e. The van der Waals surface area contributed by atoms with E-state index >= 15 is 0 Å². The van der Waals surface area contributed by atoms with Crippen LogP contribution < -0.4 is 22.1 Å². The van der Waals surface area contributed by atoms with Crippen molar-refractivity contribution >= 4 is 23.4 Å². The average Bonchev–Trinajstić information content (AvgIpc) is 2.62. The van der Waals surface area contributed by atoms with Crippen LogP contribution >= 0.6 is 11.6 Å². The zero-order valence-electron chi connectivity index (χ0n) is 14.0. The fourth-order valence-electron chi connectivity index (χ4n) is 2.33. The van der Waals surface area contributed by atoms with E-state index in [2.05, 4.69) is 20.5 Å². The molecule has 26 heavy (non-hydrogen) atoms. The van der Waals surface area contributed by atoms with E-state index < -0.39 is 16.8 Å². The van der Waals surface area contributed by atoms with Gasteiger partial charge in [0.25, 0.3) is 11.1 Å². The van der Waals surface area contributed by atoms with Gasteiger partial charge >= 0.3 is 5.69 Å². The highest BCUT2D eigenvalue weighted by atomic mass is 35.5. The Morgan fingerprint density at radius 1 is 1.12 bits per heavy atom. The molecule has 134 valence electrons. The lowest BCUT2D eigenvalue weighted by molar-refractivity contribution is 0.691. The maximum Gasteiger partial charge on any atom is 0.332 e. The van der Waals surface area contributed by atoms with E-state index in [-0.39, 0.29) is 23.9 Å². The maximum absolute atomic E-state index is 12.2. The molecule has 2 aromatic heterocycles. The quantitative estimate of drug-likeness (QED) is 0.689. The lowest BCUT2D eigenvalue weighted by atomic mass is 10.1. The molecular weight excluding hydrogens is 360 g/mol. The van der Waals surface area contributed by atoms with Gasteiger partial charge in [-0.3, -0.25) is 23.7 Å². The van der Waals surface area contributed by atoms with E-state index in [1.165, 1.54) is 24.7 Å². The van der Waals surface area contributed by atoms with Crippen LogP contribution in [0.5, 0.6) is 0 Å². The van der Waals surface area contributed by atoms with E-state index in [0.717, 1.165) is 10.1 Å². The van der Waals surface area contributed by atoms with Crippen LogP contribution in [-0.2, 0) is 20.5 Å². The predicted molar refractivity (Wildman–Crippen MR) is 97.1 cm³/mol. The number of nitrogens with one attached hydrogen (secondary N) is 2. The Balaban J connectivity index is 1.90. The van der Waals surface area contributed by atoms with Crippen molar-refractivity contribution in [2.75, 3.05) is 5.32 Å². The van der Waals surface area contributed by atoms with Crippen molar-refractivity contribution in [2.24, 2.45) is 14.1 Å². The second kappa shape index (κ2) is 6.96. The highest BCUT2D eigenvalue weighted by molar-refractivity contribution is 6.31. The Labute approximate surface area is 151 Å². The lowest BCUT2D eigenvalue weighted by Crippen LogP contribution is -2.37. The van der Waals surface area contributed by atoms with Crippen LogP contribution in [0.2, 0.25) is 5.02 Å². The number of hydrogen-bond donors (Lipinski definition) is 2. The monoisotopic (exact) mass is 374 g/mol. The van der Waals surface area contributed by atoms with Gasteiger partial charge in [-0.25, -0.2) is 4.79 Å². The molecule has 0 saturated carbocycles. The standard InChI is InChI=1S/C16H15ClN6O3/c1-22-12(8-13(24)23(2)16(22)26)18-15-19-14(25)11(20-21-15)7-9-5-3-4-6-10(9)17/h3-6,8H,7H2,1-2H3,(H2,18,19,21,25). The molecule has 3 aromatic rings. The van der Waals surface area contributed by atoms with Gasteiger partial charge in [0.05, 0.1) is 0 Å². The third-order valence-corrected chi connectivity index (χ3v) is 4.22. The van der Waals surface area contributed by atoms with Crippen LogP contribution in [0.4, 0.5) is 11.8 Å². The van der Waals surface area contributed by atoms with Crippen LogP contribution in [-0.4, -0.2) is 24.3 Å². The summed E-state index contributed by atoms with van der Waals surface area (Å²) in [5, 5.41) is 11.1. The third kappa shape index (κ3) is 3.42. The molecule has 2 N–H and O–H groups in total. The molecule has 0 aliphatic carbocycles. The van der Waals surface area contributed by atoms with Crippen LogP contribution in [0.1, 0.15) is 11.3 Å². The normalized spacial score (nSPS) is 10.7. The minimum Gasteiger partial charge on any atom is -0.310 e. The molecule has 0 aliphatic heterocycles. The van der Waals surface area contributed by atoms with Gasteiger partial charge in [-0.05, 0) is 11.6 Å². The van der Waals surface area contributed by atoms with Crippen LogP contribution in [0.3, 0.4) is 0 Å². The summed E-state index contributed by atoms with van der Waals surface area (Å²) in [4.78, 5) is 38.5. The first-order chi connectivity index (χ1) is 12.4. The second-order valence-corrected chi connectivity index (χ2v) is 6.02. The molecule has 10 heteroatoms. The average molecular weight is 375 g/mol. The number of aromatic amines is 1. The zero-order valence-corrected chi connectivity index (χ0v) is 14.7. The summed E-state index contributed by atoms with van der Waals surface area (Å²) in [7, 11) is 2.86. The molecule has 3 rings (SSSR count). The van der Waals surface area contributed by atoms with E-state index in [1.54, 1.807) is 18.2 Å².